The molecule has 2 aliphatic rings. The fourth-order valence-corrected chi connectivity index (χ4v) is 3.91. The monoisotopic (exact) mass is 370 g/mol. The highest BCUT2D eigenvalue weighted by Gasteiger charge is 2.17. The number of piperazine rings is 1. The van der Waals surface area contributed by atoms with Crippen molar-refractivity contribution in [2.75, 3.05) is 39.3 Å². The van der Waals surface area contributed by atoms with Crippen LogP contribution in [0.5, 0.6) is 0 Å². The molecule has 0 radical (unpaired) electrons. The topological polar surface area (TPSA) is 47.6 Å². The van der Waals surface area contributed by atoms with E-state index in [1.807, 2.05) is 0 Å². The SMILES string of the molecule is CCN1CCN(Cc2ccccc2CNC(=O)NC[C@@H]2CC=CCC2)CC1. The maximum Gasteiger partial charge on any atom is 0.315 e. The van der Waals surface area contributed by atoms with E-state index in [0.29, 0.717) is 12.5 Å². The highest BCUT2D eigenvalue weighted by Crippen LogP contribution is 2.17. The van der Waals surface area contributed by atoms with Crippen molar-refractivity contribution in [2.24, 2.45) is 5.92 Å². The maximum atomic E-state index is 12.2. The van der Waals surface area contributed by atoms with Crippen LogP contribution in [0.25, 0.3) is 0 Å². The van der Waals surface area contributed by atoms with Crippen molar-refractivity contribution in [3.8, 4) is 0 Å². The second-order valence-electron chi connectivity index (χ2n) is 7.69. The summed E-state index contributed by atoms with van der Waals surface area (Å²) in [5, 5.41) is 6.07. The lowest BCUT2D eigenvalue weighted by Gasteiger charge is -2.34. The molecule has 148 valence electrons. The lowest BCUT2D eigenvalue weighted by Crippen LogP contribution is -2.45. The van der Waals surface area contributed by atoms with Crippen LogP contribution in [0.2, 0.25) is 0 Å². The molecule has 0 unspecified atom stereocenters. The van der Waals surface area contributed by atoms with Crippen LogP contribution in [0.3, 0.4) is 0 Å². The molecule has 0 spiro atoms. The molecule has 1 aromatic carbocycles. The van der Waals surface area contributed by atoms with E-state index in [0.717, 1.165) is 58.7 Å². The average molecular weight is 371 g/mol. The predicted octanol–water partition coefficient (Wildman–Crippen LogP) is 2.98. The van der Waals surface area contributed by atoms with Gasteiger partial charge in [0.05, 0.1) is 0 Å². The van der Waals surface area contributed by atoms with Crippen molar-refractivity contribution >= 4 is 6.03 Å². The number of allylic oxidation sites excluding steroid dienone is 2. The van der Waals surface area contributed by atoms with E-state index >= 15 is 0 Å². The Kier molecular flexibility index (Phi) is 7.72. The van der Waals surface area contributed by atoms with Gasteiger partial charge in [0.1, 0.15) is 0 Å². The number of hydrogen-bond acceptors (Lipinski definition) is 3. The van der Waals surface area contributed by atoms with Gasteiger partial charge in [-0.3, -0.25) is 4.90 Å². The molecule has 1 heterocycles. The quantitative estimate of drug-likeness (QED) is 0.726. The fraction of sp³-hybridized carbons (Fsp3) is 0.591. The summed E-state index contributed by atoms with van der Waals surface area (Å²) in [6.45, 7) is 10.2. The molecule has 1 fully saturated rings. The number of benzene rings is 1. The third-order valence-corrected chi connectivity index (χ3v) is 5.79. The third kappa shape index (κ3) is 6.36. The number of urea groups is 1. The maximum absolute atomic E-state index is 12.2. The van der Waals surface area contributed by atoms with Crippen LogP contribution in [0.4, 0.5) is 4.79 Å². The summed E-state index contributed by atoms with van der Waals surface area (Å²) in [5.74, 6) is 0.579. The van der Waals surface area contributed by atoms with Crippen LogP contribution < -0.4 is 10.6 Å². The molecule has 1 aromatic rings. The summed E-state index contributed by atoms with van der Waals surface area (Å²) in [6, 6.07) is 8.41. The van der Waals surface area contributed by atoms with Crippen LogP contribution in [-0.4, -0.2) is 55.1 Å². The van der Waals surface area contributed by atoms with Crippen LogP contribution in [0, 0.1) is 5.92 Å². The van der Waals surface area contributed by atoms with Gasteiger partial charge in [0.2, 0.25) is 0 Å². The number of likely N-dealkylation sites (N-methyl/N-ethyl adjacent to an activating group) is 1. The second-order valence-corrected chi connectivity index (χ2v) is 7.69. The zero-order chi connectivity index (χ0) is 18.9. The molecular formula is C22H34N4O. The Morgan fingerprint density at radius 3 is 2.48 bits per heavy atom. The van der Waals surface area contributed by atoms with E-state index in [2.05, 4.69) is 63.8 Å². The first kappa shape index (κ1) is 19.9. The minimum atomic E-state index is -0.0593. The van der Waals surface area contributed by atoms with Gasteiger partial charge in [-0.2, -0.15) is 0 Å². The van der Waals surface area contributed by atoms with E-state index in [1.165, 1.54) is 17.5 Å². The minimum absolute atomic E-state index is 0.0593. The largest absolute Gasteiger partial charge is 0.338 e. The molecule has 5 nitrogen and oxygen atoms in total. The summed E-state index contributed by atoms with van der Waals surface area (Å²) in [6.07, 6.45) is 7.84. The van der Waals surface area contributed by atoms with Crippen molar-refractivity contribution in [3.63, 3.8) is 0 Å². The van der Waals surface area contributed by atoms with Crippen LogP contribution in [-0.2, 0) is 13.1 Å². The minimum Gasteiger partial charge on any atom is -0.338 e. The second kappa shape index (κ2) is 10.5. The molecule has 0 bridgehead atoms. The Hall–Kier alpha value is -1.85. The van der Waals surface area contributed by atoms with E-state index in [9.17, 15) is 4.79 Å². The highest BCUT2D eigenvalue weighted by atomic mass is 16.2. The van der Waals surface area contributed by atoms with Crippen molar-refractivity contribution in [3.05, 3.63) is 47.5 Å². The molecule has 3 rings (SSSR count). The third-order valence-electron chi connectivity index (χ3n) is 5.79. The number of amides is 2. The molecule has 2 N–H and O–H groups in total. The normalized spacial score (nSPS) is 21.1. The fourth-order valence-electron chi connectivity index (χ4n) is 3.91. The van der Waals surface area contributed by atoms with Crippen LogP contribution in [0.1, 0.15) is 37.3 Å². The number of carbonyl (C=O) groups is 1. The number of hydrogen-bond donors (Lipinski definition) is 2. The molecule has 1 aliphatic carbocycles. The van der Waals surface area contributed by atoms with Crippen LogP contribution in [0.15, 0.2) is 36.4 Å². The Labute approximate surface area is 163 Å². The smallest absolute Gasteiger partial charge is 0.315 e. The van der Waals surface area contributed by atoms with Crippen molar-refractivity contribution in [2.45, 2.75) is 39.3 Å². The molecule has 0 aromatic heterocycles. The summed E-state index contributed by atoms with van der Waals surface area (Å²) < 4.78 is 0. The highest BCUT2D eigenvalue weighted by molar-refractivity contribution is 5.73. The lowest BCUT2D eigenvalue weighted by atomic mass is 9.94. The van der Waals surface area contributed by atoms with Crippen molar-refractivity contribution in [1.29, 1.82) is 0 Å². The Bertz CT molecular complexity index is 622. The van der Waals surface area contributed by atoms with Crippen molar-refractivity contribution < 1.29 is 4.79 Å². The number of carbonyl (C=O) groups excluding carboxylic acids is 1. The van der Waals surface area contributed by atoms with Gasteiger partial charge in [-0.25, -0.2) is 4.79 Å². The molecule has 27 heavy (non-hydrogen) atoms. The first-order valence-corrected chi connectivity index (χ1v) is 10.4. The van der Waals surface area contributed by atoms with Gasteiger partial charge >= 0.3 is 6.03 Å². The molecule has 5 heteroatoms. The predicted molar refractivity (Wildman–Crippen MR) is 111 cm³/mol. The molecule has 1 saturated heterocycles. The first-order chi connectivity index (χ1) is 13.2. The summed E-state index contributed by atoms with van der Waals surface area (Å²) in [5.41, 5.74) is 2.53. The molecule has 2 amide bonds. The lowest BCUT2D eigenvalue weighted by molar-refractivity contribution is 0.131. The Balaban J connectivity index is 1.44. The standard InChI is InChI=1S/C22H34N4O/c1-2-25-12-14-26(15-13-25)18-21-11-7-6-10-20(21)17-24-22(27)23-16-19-8-4-3-5-9-19/h3-4,6-7,10-11,19H,2,5,8-9,12-18H2,1H3,(H2,23,24,27)/t19-/m1/s1. The van der Waals surface area contributed by atoms with Gasteiger partial charge < -0.3 is 15.5 Å². The van der Waals surface area contributed by atoms with E-state index in [-0.39, 0.29) is 6.03 Å². The molecular weight excluding hydrogens is 336 g/mol. The van der Waals surface area contributed by atoms with Crippen LogP contribution >= 0.6 is 0 Å². The zero-order valence-electron chi connectivity index (χ0n) is 16.6. The Morgan fingerprint density at radius 1 is 1.04 bits per heavy atom. The number of rotatable bonds is 7. The zero-order valence-corrected chi connectivity index (χ0v) is 16.6. The van der Waals surface area contributed by atoms with Gasteiger partial charge in [0.15, 0.2) is 0 Å². The van der Waals surface area contributed by atoms with Crippen molar-refractivity contribution in [1.82, 2.24) is 20.4 Å². The summed E-state index contributed by atoms with van der Waals surface area (Å²) in [7, 11) is 0. The van der Waals surface area contributed by atoms with Gasteiger partial charge in [-0.15, -0.1) is 0 Å². The van der Waals surface area contributed by atoms with Gasteiger partial charge in [-0.1, -0.05) is 43.3 Å². The Morgan fingerprint density at radius 2 is 1.78 bits per heavy atom. The molecule has 0 saturated carbocycles. The van der Waals surface area contributed by atoms with Gasteiger partial charge in [-0.05, 0) is 42.9 Å². The average Bonchev–Trinajstić information content (AvgIpc) is 2.73. The first-order valence-electron chi connectivity index (χ1n) is 10.4. The van der Waals surface area contributed by atoms with E-state index in [1.54, 1.807) is 0 Å². The van der Waals surface area contributed by atoms with E-state index in [4.69, 9.17) is 0 Å². The summed E-state index contributed by atoms with van der Waals surface area (Å²) in [4.78, 5) is 17.2. The number of nitrogens with one attached hydrogen (secondary N) is 2. The number of nitrogens with zero attached hydrogens (tertiary/aromatic N) is 2. The summed E-state index contributed by atoms with van der Waals surface area (Å²) >= 11 is 0. The molecule has 1 atom stereocenters. The van der Waals surface area contributed by atoms with E-state index < -0.39 is 0 Å². The molecule has 1 aliphatic heterocycles. The van der Waals surface area contributed by atoms with Gasteiger partial charge in [0.25, 0.3) is 0 Å². The van der Waals surface area contributed by atoms with Gasteiger partial charge in [0, 0.05) is 45.8 Å².